The van der Waals surface area contributed by atoms with Gasteiger partial charge in [0.05, 0.1) is 17.9 Å². The van der Waals surface area contributed by atoms with E-state index in [0.717, 1.165) is 23.5 Å². The van der Waals surface area contributed by atoms with Crippen LogP contribution in [0.3, 0.4) is 0 Å². The molecular formula is C13H17N3O2. The molecule has 0 spiro atoms. The molecule has 5 nitrogen and oxygen atoms in total. The van der Waals surface area contributed by atoms with Crippen LogP contribution in [0, 0.1) is 13.8 Å². The van der Waals surface area contributed by atoms with E-state index in [1.807, 2.05) is 37.6 Å². The summed E-state index contributed by atoms with van der Waals surface area (Å²) >= 11 is 0. The first-order valence-corrected chi connectivity index (χ1v) is 5.95. The standard InChI is InChI=1S/C13H17N3O2/c1-4-16-11(7-10(3)14-16)8-15-6-5-9(2)12(15)13(17)18/h5-7H,4,8H2,1-3H3,(H,17,18). The zero-order valence-corrected chi connectivity index (χ0v) is 10.8. The number of aromatic nitrogens is 3. The molecule has 0 saturated heterocycles. The van der Waals surface area contributed by atoms with Gasteiger partial charge >= 0.3 is 5.97 Å². The fourth-order valence-electron chi connectivity index (χ4n) is 2.18. The van der Waals surface area contributed by atoms with E-state index in [2.05, 4.69) is 5.10 Å². The number of aryl methyl sites for hydroxylation is 3. The summed E-state index contributed by atoms with van der Waals surface area (Å²) in [5.41, 5.74) is 3.10. The third kappa shape index (κ3) is 2.16. The van der Waals surface area contributed by atoms with Gasteiger partial charge in [-0.2, -0.15) is 5.10 Å². The van der Waals surface area contributed by atoms with Gasteiger partial charge in [0.2, 0.25) is 0 Å². The number of carbonyl (C=O) groups is 1. The van der Waals surface area contributed by atoms with Crippen LogP contribution < -0.4 is 0 Å². The zero-order valence-electron chi connectivity index (χ0n) is 10.8. The molecule has 0 aliphatic heterocycles. The van der Waals surface area contributed by atoms with Crippen LogP contribution >= 0.6 is 0 Å². The van der Waals surface area contributed by atoms with Crippen LogP contribution in [0.1, 0.15) is 34.4 Å². The third-order valence-electron chi connectivity index (χ3n) is 2.99. The molecule has 18 heavy (non-hydrogen) atoms. The Kier molecular flexibility index (Phi) is 3.23. The van der Waals surface area contributed by atoms with Crippen molar-refractivity contribution in [1.29, 1.82) is 0 Å². The molecule has 96 valence electrons. The molecule has 0 aromatic carbocycles. The van der Waals surface area contributed by atoms with Gasteiger partial charge in [0, 0.05) is 12.7 Å². The summed E-state index contributed by atoms with van der Waals surface area (Å²) in [6.45, 7) is 7.09. The molecule has 0 radical (unpaired) electrons. The summed E-state index contributed by atoms with van der Waals surface area (Å²) in [4.78, 5) is 11.2. The predicted octanol–water partition coefficient (Wildman–Crippen LogP) is 2.07. The van der Waals surface area contributed by atoms with Crippen LogP contribution in [0.5, 0.6) is 0 Å². The monoisotopic (exact) mass is 247 g/mol. The Morgan fingerprint density at radius 3 is 2.78 bits per heavy atom. The second kappa shape index (κ2) is 4.68. The summed E-state index contributed by atoms with van der Waals surface area (Å²) in [6.07, 6.45) is 1.81. The Balaban J connectivity index is 2.37. The van der Waals surface area contributed by atoms with Crippen LogP contribution in [0.2, 0.25) is 0 Å². The molecule has 0 fully saturated rings. The van der Waals surface area contributed by atoms with E-state index in [4.69, 9.17) is 0 Å². The number of aromatic carboxylic acids is 1. The Labute approximate surface area is 106 Å². The number of hydrogen-bond donors (Lipinski definition) is 1. The highest BCUT2D eigenvalue weighted by Gasteiger charge is 2.14. The average Bonchev–Trinajstić information content (AvgIpc) is 2.82. The predicted molar refractivity (Wildman–Crippen MR) is 67.9 cm³/mol. The molecular weight excluding hydrogens is 230 g/mol. The van der Waals surface area contributed by atoms with Crippen molar-refractivity contribution in [1.82, 2.24) is 14.3 Å². The van der Waals surface area contributed by atoms with Crippen LogP contribution in [-0.4, -0.2) is 25.4 Å². The minimum absolute atomic E-state index is 0.344. The van der Waals surface area contributed by atoms with E-state index >= 15 is 0 Å². The molecule has 0 bridgehead atoms. The van der Waals surface area contributed by atoms with Gasteiger partial charge in [0.15, 0.2) is 0 Å². The van der Waals surface area contributed by atoms with Gasteiger partial charge in [-0.05, 0) is 38.5 Å². The summed E-state index contributed by atoms with van der Waals surface area (Å²) in [5, 5.41) is 13.6. The summed E-state index contributed by atoms with van der Waals surface area (Å²) in [5.74, 6) is -0.892. The van der Waals surface area contributed by atoms with Crippen molar-refractivity contribution in [3.05, 3.63) is 41.0 Å². The van der Waals surface area contributed by atoms with Crippen LogP contribution in [-0.2, 0) is 13.1 Å². The number of hydrogen-bond acceptors (Lipinski definition) is 2. The van der Waals surface area contributed by atoms with E-state index < -0.39 is 5.97 Å². The summed E-state index contributed by atoms with van der Waals surface area (Å²) in [6, 6.07) is 3.81. The smallest absolute Gasteiger partial charge is 0.352 e. The van der Waals surface area contributed by atoms with Gasteiger partial charge in [-0.25, -0.2) is 4.79 Å². The van der Waals surface area contributed by atoms with E-state index in [1.54, 1.807) is 10.8 Å². The van der Waals surface area contributed by atoms with Crippen LogP contribution in [0.4, 0.5) is 0 Å². The van der Waals surface area contributed by atoms with E-state index in [-0.39, 0.29) is 0 Å². The largest absolute Gasteiger partial charge is 0.477 e. The summed E-state index contributed by atoms with van der Waals surface area (Å²) in [7, 11) is 0. The Bertz CT molecular complexity index is 581. The minimum Gasteiger partial charge on any atom is -0.477 e. The lowest BCUT2D eigenvalue weighted by Gasteiger charge is -2.08. The first-order valence-electron chi connectivity index (χ1n) is 5.95. The van der Waals surface area contributed by atoms with Crippen molar-refractivity contribution in [2.45, 2.75) is 33.9 Å². The molecule has 0 aliphatic rings. The van der Waals surface area contributed by atoms with Gasteiger partial charge in [-0.15, -0.1) is 0 Å². The van der Waals surface area contributed by atoms with Gasteiger partial charge < -0.3 is 9.67 Å². The van der Waals surface area contributed by atoms with E-state index in [1.165, 1.54) is 0 Å². The molecule has 0 aliphatic carbocycles. The van der Waals surface area contributed by atoms with Crippen molar-refractivity contribution < 1.29 is 9.90 Å². The topological polar surface area (TPSA) is 60.0 Å². The lowest BCUT2D eigenvalue weighted by molar-refractivity contribution is 0.0685. The zero-order chi connectivity index (χ0) is 13.3. The quantitative estimate of drug-likeness (QED) is 0.899. The molecule has 0 unspecified atom stereocenters. The molecule has 1 N–H and O–H groups in total. The fourth-order valence-corrected chi connectivity index (χ4v) is 2.18. The number of rotatable bonds is 4. The maximum Gasteiger partial charge on any atom is 0.352 e. The van der Waals surface area contributed by atoms with Crippen molar-refractivity contribution in [3.8, 4) is 0 Å². The Morgan fingerprint density at radius 1 is 1.44 bits per heavy atom. The van der Waals surface area contributed by atoms with Crippen LogP contribution in [0.25, 0.3) is 0 Å². The lowest BCUT2D eigenvalue weighted by Crippen LogP contribution is -2.13. The molecule has 2 aromatic rings. The number of carboxylic acids is 1. The van der Waals surface area contributed by atoms with Crippen molar-refractivity contribution in [2.24, 2.45) is 0 Å². The maximum atomic E-state index is 11.2. The lowest BCUT2D eigenvalue weighted by atomic mass is 10.2. The Morgan fingerprint density at radius 2 is 2.17 bits per heavy atom. The van der Waals surface area contributed by atoms with Crippen molar-refractivity contribution in [3.63, 3.8) is 0 Å². The van der Waals surface area contributed by atoms with Gasteiger partial charge in [-0.1, -0.05) is 0 Å². The summed E-state index contributed by atoms with van der Waals surface area (Å²) < 4.78 is 3.65. The Hall–Kier alpha value is -2.04. The highest BCUT2D eigenvalue weighted by Crippen LogP contribution is 2.13. The van der Waals surface area contributed by atoms with Crippen LogP contribution in [0.15, 0.2) is 18.3 Å². The molecule has 0 atom stereocenters. The molecule has 2 heterocycles. The van der Waals surface area contributed by atoms with E-state index in [0.29, 0.717) is 12.2 Å². The van der Waals surface area contributed by atoms with Gasteiger partial charge in [0.1, 0.15) is 5.69 Å². The van der Waals surface area contributed by atoms with Gasteiger partial charge in [-0.3, -0.25) is 4.68 Å². The highest BCUT2D eigenvalue weighted by molar-refractivity contribution is 5.87. The van der Waals surface area contributed by atoms with Crippen molar-refractivity contribution in [2.75, 3.05) is 0 Å². The molecule has 0 amide bonds. The second-order valence-electron chi connectivity index (χ2n) is 4.37. The highest BCUT2D eigenvalue weighted by atomic mass is 16.4. The third-order valence-corrected chi connectivity index (χ3v) is 2.99. The normalized spacial score (nSPS) is 10.8. The van der Waals surface area contributed by atoms with E-state index in [9.17, 15) is 9.90 Å². The molecule has 2 rings (SSSR count). The second-order valence-corrected chi connectivity index (χ2v) is 4.37. The molecule has 2 aromatic heterocycles. The van der Waals surface area contributed by atoms with Gasteiger partial charge in [0.25, 0.3) is 0 Å². The maximum absolute atomic E-state index is 11.2. The minimum atomic E-state index is -0.892. The first kappa shape index (κ1) is 12.4. The number of nitrogens with zero attached hydrogens (tertiary/aromatic N) is 3. The SMILES string of the molecule is CCn1nc(C)cc1Cn1ccc(C)c1C(=O)O. The fraction of sp³-hybridized carbons (Fsp3) is 0.385. The average molecular weight is 247 g/mol. The first-order chi connectivity index (χ1) is 8.52. The molecule has 0 saturated carbocycles. The van der Waals surface area contributed by atoms with Crippen molar-refractivity contribution >= 4 is 5.97 Å². The molecule has 5 heteroatoms. The number of carboxylic acid groups (broad SMARTS) is 1.